The summed E-state index contributed by atoms with van der Waals surface area (Å²) in [5, 5.41) is 3.61. The molecule has 2 aliphatic rings. The molecule has 2 atom stereocenters. The molecule has 2 aliphatic heterocycles. The molecule has 2 saturated heterocycles. The van der Waals surface area contributed by atoms with Crippen LogP contribution in [0.3, 0.4) is 0 Å². The molecule has 2 heterocycles. The Morgan fingerprint density at radius 3 is 2.80 bits per heavy atom. The Balaban J connectivity index is 2.01. The molecule has 0 radical (unpaired) electrons. The van der Waals surface area contributed by atoms with Gasteiger partial charge in [0.05, 0.1) is 0 Å². The summed E-state index contributed by atoms with van der Waals surface area (Å²) in [6.45, 7) is 12.2. The molecule has 0 spiro atoms. The lowest BCUT2D eigenvalue weighted by Crippen LogP contribution is -2.37. The average Bonchev–Trinajstić information content (AvgIpc) is 2.50. The fourth-order valence-corrected chi connectivity index (χ4v) is 3.30. The van der Waals surface area contributed by atoms with Crippen molar-refractivity contribution in [1.29, 1.82) is 0 Å². The van der Waals surface area contributed by atoms with Gasteiger partial charge >= 0.3 is 0 Å². The highest BCUT2D eigenvalue weighted by Gasteiger charge is 2.34. The van der Waals surface area contributed by atoms with Crippen molar-refractivity contribution in [2.24, 2.45) is 11.3 Å². The van der Waals surface area contributed by atoms with Crippen molar-refractivity contribution in [1.82, 2.24) is 10.2 Å². The first-order chi connectivity index (χ1) is 7.06. The molecule has 0 aromatic heterocycles. The summed E-state index contributed by atoms with van der Waals surface area (Å²) in [6, 6.07) is 0.874. The molecule has 1 N–H and O–H groups in total. The zero-order chi connectivity index (χ0) is 10.9. The van der Waals surface area contributed by atoms with Gasteiger partial charge in [0.15, 0.2) is 0 Å². The minimum atomic E-state index is 0.477. The van der Waals surface area contributed by atoms with E-state index in [2.05, 4.69) is 31.0 Å². The summed E-state index contributed by atoms with van der Waals surface area (Å²) in [7, 11) is 0. The van der Waals surface area contributed by atoms with Crippen molar-refractivity contribution < 1.29 is 0 Å². The molecule has 0 bridgehead atoms. The van der Waals surface area contributed by atoms with Gasteiger partial charge in [-0.05, 0) is 43.7 Å². The van der Waals surface area contributed by atoms with Crippen molar-refractivity contribution in [3.63, 3.8) is 0 Å². The normalized spacial score (nSPS) is 33.8. The average molecular weight is 210 g/mol. The van der Waals surface area contributed by atoms with E-state index in [4.69, 9.17) is 0 Å². The van der Waals surface area contributed by atoms with Crippen LogP contribution in [0.5, 0.6) is 0 Å². The molecule has 2 rings (SSSR count). The summed E-state index contributed by atoms with van der Waals surface area (Å²) in [4.78, 5) is 2.72. The Bertz CT molecular complexity index is 207. The van der Waals surface area contributed by atoms with E-state index in [9.17, 15) is 0 Å². The van der Waals surface area contributed by atoms with E-state index in [-0.39, 0.29) is 0 Å². The molecule has 2 nitrogen and oxygen atoms in total. The van der Waals surface area contributed by atoms with Crippen LogP contribution in [0, 0.1) is 11.3 Å². The smallest absolute Gasteiger partial charge is 0.0137 e. The SMILES string of the molecule is CC(C)(C)CC1CNCCN2CCCC12. The Hall–Kier alpha value is -0.0800. The zero-order valence-corrected chi connectivity index (χ0v) is 10.6. The highest BCUT2D eigenvalue weighted by atomic mass is 15.2. The maximum absolute atomic E-state index is 3.61. The Morgan fingerprint density at radius 2 is 2.07 bits per heavy atom. The van der Waals surface area contributed by atoms with Gasteiger partial charge in [0.1, 0.15) is 0 Å². The molecule has 2 unspecified atom stereocenters. The van der Waals surface area contributed by atoms with Gasteiger partial charge in [0.2, 0.25) is 0 Å². The first-order valence-electron chi connectivity index (χ1n) is 6.51. The second-order valence-corrected chi connectivity index (χ2v) is 6.47. The monoisotopic (exact) mass is 210 g/mol. The van der Waals surface area contributed by atoms with E-state index >= 15 is 0 Å². The molecule has 0 saturated carbocycles. The molecule has 0 amide bonds. The standard InChI is InChI=1S/C13H26N2/c1-13(2,3)9-11-10-14-6-8-15-7-4-5-12(11)15/h11-12,14H,4-10H2,1-3H3. The van der Waals surface area contributed by atoms with Crippen molar-refractivity contribution in [3.8, 4) is 0 Å². The van der Waals surface area contributed by atoms with Gasteiger partial charge in [0.25, 0.3) is 0 Å². The van der Waals surface area contributed by atoms with Gasteiger partial charge in [0, 0.05) is 19.1 Å². The van der Waals surface area contributed by atoms with Crippen LogP contribution >= 0.6 is 0 Å². The van der Waals surface area contributed by atoms with Crippen LogP contribution in [-0.4, -0.2) is 37.1 Å². The van der Waals surface area contributed by atoms with Gasteiger partial charge in [-0.25, -0.2) is 0 Å². The lowest BCUT2D eigenvalue weighted by Gasteiger charge is -2.32. The lowest BCUT2D eigenvalue weighted by atomic mass is 9.80. The minimum Gasteiger partial charge on any atom is -0.315 e. The van der Waals surface area contributed by atoms with Crippen molar-refractivity contribution >= 4 is 0 Å². The topological polar surface area (TPSA) is 15.3 Å². The van der Waals surface area contributed by atoms with Crippen molar-refractivity contribution in [3.05, 3.63) is 0 Å². The first-order valence-corrected chi connectivity index (χ1v) is 6.51. The van der Waals surface area contributed by atoms with Gasteiger partial charge in [-0.3, -0.25) is 4.90 Å². The second kappa shape index (κ2) is 4.42. The molecule has 0 aliphatic carbocycles. The maximum atomic E-state index is 3.61. The number of rotatable bonds is 1. The Labute approximate surface area is 94.4 Å². The lowest BCUT2D eigenvalue weighted by molar-refractivity contribution is 0.172. The van der Waals surface area contributed by atoms with E-state index in [0.29, 0.717) is 5.41 Å². The molecule has 0 aromatic rings. The summed E-state index contributed by atoms with van der Waals surface area (Å²) in [6.07, 6.45) is 4.22. The molecular formula is C13H26N2. The van der Waals surface area contributed by atoms with Gasteiger partial charge in [-0.2, -0.15) is 0 Å². The van der Waals surface area contributed by atoms with Gasteiger partial charge in [-0.15, -0.1) is 0 Å². The summed E-state index contributed by atoms with van der Waals surface area (Å²) < 4.78 is 0. The number of hydrogen-bond donors (Lipinski definition) is 1. The van der Waals surface area contributed by atoms with Crippen LogP contribution in [-0.2, 0) is 0 Å². The third-order valence-electron chi connectivity index (χ3n) is 3.82. The Kier molecular flexibility index (Phi) is 3.36. The highest BCUT2D eigenvalue weighted by Crippen LogP contribution is 2.33. The quantitative estimate of drug-likeness (QED) is 0.713. The van der Waals surface area contributed by atoms with E-state index in [1.807, 2.05) is 0 Å². The summed E-state index contributed by atoms with van der Waals surface area (Å²) in [5.41, 5.74) is 0.477. The van der Waals surface area contributed by atoms with E-state index in [1.54, 1.807) is 0 Å². The predicted octanol–water partition coefficient (Wildman–Crippen LogP) is 2.11. The van der Waals surface area contributed by atoms with Gasteiger partial charge < -0.3 is 5.32 Å². The van der Waals surface area contributed by atoms with Gasteiger partial charge in [-0.1, -0.05) is 20.8 Å². The largest absolute Gasteiger partial charge is 0.315 e. The molecule has 0 aromatic carbocycles. The van der Waals surface area contributed by atoms with E-state index < -0.39 is 0 Å². The van der Waals surface area contributed by atoms with Crippen LogP contribution in [0.2, 0.25) is 0 Å². The van der Waals surface area contributed by atoms with Crippen molar-refractivity contribution in [2.75, 3.05) is 26.2 Å². The fourth-order valence-electron chi connectivity index (χ4n) is 3.30. The zero-order valence-electron chi connectivity index (χ0n) is 10.6. The summed E-state index contributed by atoms with van der Waals surface area (Å²) in [5.74, 6) is 0.870. The van der Waals surface area contributed by atoms with Crippen LogP contribution < -0.4 is 5.32 Å². The van der Waals surface area contributed by atoms with Crippen molar-refractivity contribution in [2.45, 2.75) is 46.1 Å². The second-order valence-electron chi connectivity index (χ2n) is 6.47. The van der Waals surface area contributed by atoms with E-state index in [0.717, 1.165) is 12.0 Å². The first kappa shape index (κ1) is 11.4. The third kappa shape index (κ3) is 2.94. The van der Waals surface area contributed by atoms with Crippen LogP contribution in [0.1, 0.15) is 40.0 Å². The molecule has 15 heavy (non-hydrogen) atoms. The number of nitrogens with zero attached hydrogens (tertiary/aromatic N) is 1. The number of nitrogens with one attached hydrogen (secondary N) is 1. The molecule has 88 valence electrons. The maximum Gasteiger partial charge on any atom is 0.0137 e. The van der Waals surface area contributed by atoms with Crippen LogP contribution in [0.4, 0.5) is 0 Å². The molecule has 2 fully saturated rings. The number of hydrogen-bond acceptors (Lipinski definition) is 2. The van der Waals surface area contributed by atoms with E-state index in [1.165, 1.54) is 45.4 Å². The summed E-state index contributed by atoms with van der Waals surface area (Å²) >= 11 is 0. The third-order valence-corrected chi connectivity index (χ3v) is 3.82. The predicted molar refractivity (Wildman–Crippen MR) is 65.0 cm³/mol. The van der Waals surface area contributed by atoms with Crippen LogP contribution in [0.25, 0.3) is 0 Å². The molecular weight excluding hydrogens is 184 g/mol. The number of fused-ring (bicyclic) bond motifs is 1. The van der Waals surface area contributed by atoms with Crippen LogP contribution in [0.15, 0.2) is 0 Å². The minimum absolute atomic E-state index is 0.477. The highest BCUT2D eigenvalue weighted by molar-refractivity contribution is 4.90. The molecule has 2 heteroatoms. The Morgan fingerprint density at radius 1 is 1.27 bits per heavy atom. The fraction of sp³-hybridized carbons (Fsp3) is 1.00.